The van der Waals surface area contributed by atoms with Gasteiger partial charge in [0.05, 0.1) is 0 Å². The second-order valence-electron chi connectivity index (χ2n) is 5.12. The Morgan fingerprint density at radius 1 is 1.48 bits per heavy atom. The monoisotopic (exact) mass is 326 g/mol. The molecule has 1 aliphatic heterocycles. The van der Waals surface area contributed by atoms with Crippen LogP contribution in [-0.4, -0.2) is 22.4 Å². The van der Waals surface area contributed by atoms with Gasteiger partial charge in [-0.3, -0.25) is 4.79 Å². The summed E-state index contributed by atoms with van der Waals surface area (Å²) in [4.78, 5) is 21.9. The van der Waals surface area contributed by atoms with Crippen LogP contribution in [0.15, 0.2) is 49.2 Å². The minimum Gasteiger partial charge on any atom is -0.322 e. The number of allylic oxidation sites excluding steroid dienone is 1. The molecule has 0 unspecified atom stereocenters. The van der Waals surface area contributed by atoms with Crippen LogP contribution in [0.5, 0.6) is 0 Å². The number of anilines is 3. The van der Waals surface area contributed by atoms with Crippen molar-refractivity contribution >= 4 is 40.3 Å². The number of nitrogens with zero attached hydrogens (tertiary/aromatic N) is 3. The molecule has 0 aliphatic carbocycles. The van der Waals surface area contributed by atoms with Crippen molar-refractivity contribution in [3.05, 3.63) is 60.0 Å². The highest BCUT2D eigenvalue weighted by molar-refractivity contribution is 6.28. The highest BCUT2D eigenvalue weighted by atomic mass is 35.5. The molecule has 5 nitrogen and oxygen atoms in total. The number of aromatic nitrogens is 2. The number of carbonyl (C=O) groups is 1. The number of carbonyl (C=O) groups excluding carboxylic acids is 1. The second-order valence-corrected chi connectivity index (χ2v) is 5.46. The Morgan fingerprint density at radius 2 is 2.30 bits per heavy atom. The van der Waals surface area contributed by atoms with E-state index < -0.39 is 0 Å². The smallest absolute Gasteiger partial charge is 0.247 e. The topological polar surface area (TPSA) is 58.1 Å². The van der Waals surface area contributed by atoms with E-state index in [9.17, 15) is 4.79 Å². The summed E-state index contributed by atoms with van der Waals surface area (Å²) in [6.45, 7) is 6.15. The molecule has 0 fully saturated rings. The fourth-order valence-corrected chi connectivity index (χ4v) is 2.56. The van der Waals surface area contributed by atoms with Crippen LogP contribution in [0, 0.1) is 0 Å². The molecule has 2 aromatic rings. The van der Waals surface area contributed by atoms with E-state index in [1.165, 1.54) is 6.08 Å². The third-order valence-corrected chi connectivity index (χ3v) is 3.79. The van der Waals surface area contributed by atoms with Gasteiger partial charge in [-0.25, -0.2) is 4.98 Å². The number of nitrogens with one attached hydrogen (secondary N) is 1. The van der Waals surface area contributed by atoms with Crippen molar-refractivity contribution in [2.45, 2.75) is 6.92 Å². The van der Waals surface area contributed by atoms with Crippen LogP contribution in [0.4, 0.5) is 17.2 Å². The van der Waals surface area contributed by atoms with Gasteiger partial charge in [0.2, 0.25) is 11.2 Å². The van der Waals surface area contributed by atoms with Crippen LogP contribution in [-0.2, 0) is 4.79 Å². The number of amides is 1. The molecule has 6 heteroatoms. The largest absolute Gasteiger partial charge is 0.322 e. The zero-order valence-electron chi connectivity index (χ0n) is 12.6. The number of hydrogen-bond acceptors (Lipinski definition) is 4. The van der Waals surface area contributed by atoms with E-state index in [0.29, 0.717) is 12.2 Å². The first-order valence-electron chi connectivity index (χ1n) is 7.09. The summed E-state index contributed by atoms with van der Waals surface area (Å²) in [7, 11) is 0. The first-order valence-corrected chi connectivity index (χ1v) is 7.47. The molecular weight excluding hydrogens is 312 g/mol. The molecule has 0 spiro atoms. The quantitative estimate of drug-likeness (QED) is 0.688. The summed E-state index contributed by atoms with van der Waals surface area (Å²) in [5.41, 5.74) is 3.66. The lowest BCUT2D eigenvalue weighted by Gasteiger charge is -2.29. The minimum absolute atomic E-state index is 0.208. The molecule has 0 saturated carbocycles. The van der Waals surface area contributed by atoms with E-state index in [2.05, 4.69) is 27.9 Å². The predicted octanol–water partition coefficient (Wildman–Crippen LogP) is 3.81. The summed E-state index contributed by atoms with van der Waals surface area (Å²) < 4.78 is 0. The van der Waals surface area contributed by atoms with Crippen LogP contribution in [0.3, 0.4) is 0 Å². The van der Waals surface area contributed by atoms with Crippen molar-refractivity contribution in [3.8, 4) is 0 Å². The summed E-state index contributed by atoms with van der Waals surface area (Å²) >= 11 is 5.96. The number of benzene rings is 1. The molecule has 1 N–H and O–H groups in total. The summed E-state index contributed by atoms with van der Waals surface area (Å²) in [6.07, 6.45) is 5.07. The number of hydrogen-bond donors (Lipinski definition) is 1. The molecule has 0 atom stereocenters. The fourth-order valence-electron chi connectivity index (χ4n) is 2.43. The Labute approximate surface area is 139 Å². The van der Waals surface area contributed by atoms with E-state index in [-0.39, 0.29) is 11.2 Å². The standard InChI is InChI=1S/C17H15ClN4O/c1-3-15(23)20-12-5-4-6-13(9-12)22-8-7-11(2)14-10-19-17(18)21-16(14)22/h3-7,9-10H,1,8H2,2H3,(H,20,23). The molecule has 0 radical (unpaired) electrons. The average molecular weight is 327 g/mol. The lowest BCUT2D eigenvalue weighted by Crippen LogP contribution is -2.23. The first-order chi connectivity index (χ1) is 11.1. The van der Waals surface area contributed by atoms with Gasteiger partial charge < -0.3 is 10.2 Å². The molecule has 1 aliphatic rings. The van der Waals surface area contributed by atoms with Crippen LogP contribution in [0.1, 0.15) is 12.5 Å². The van der Waals surface area contributed by atoms with Crippen molar-refractivity contribution < 1.29 is 4.79 Å². The normalized spacial score (nSPS) is 13.1. The van der Waals surface area contributed by atoms with Crippen molar-refractivity contribution in [1.29, 1.82) is 0 Å². The molecular formula is C17H15ClN4O. The fraction of sp³-hybridized carbons (Fsp3) is 0.118. The van der Waals surface area contributed by atoms with Gasteiger partial charge in [0.15, 0.2) is 0 Å². The van der Waals surface area contributed by atoms with Gasteiger partial charge in [0, 0.05) is 29.7 Å². The van der Waals surface area contributed by atoms with Gasteiger partial charge in [-0.15, -0.1) is 0 Å². The first kappa shape index (κ1) is 15.2. The predicted molar refractivity (Wildman–Crippen MR) is 93.0 cm³/mol. The van der Waals surface area contributed by atoms with Crippen molar-refractivity contribution in [2.75, 3.05) is 16.8 Å². The van der Waals surface area contributed by atoms with E-state index in [0.717, 1.165) is 22.6 Å². The Morgan fingerprint density at radius 3 is 3.09 bits per heavy atom. The molecule has 3 rings (SSSR count). The van der Waals surface area contributed by atoms with E-state index in [4.69, 9.17) is 11.6 Å². The molecule has 1 amide bonds. The van der Waals surface area contributed by atoms with Crippen molar-refractivity contribution in [3.63, 3.8) is 0 Å². The molecule has 2 heterocycles. The Hall–Kier alpha value is -2.66. The minimum atomic E-state index is -0.248. The van der Waals surface area contributed by atoms with Crippen molar-refractivity contribution in [2.24, 2.45) is 0 Å². The SMILES string of the molecule is C=CC(=O)Nc1cccc(N2CC=C(C)c3cnc(Cl)nc32)c1. The molecule has 116 valence electrons. The average Bonchev–Trinajstić information content (AvgIpc) is 2.55. The highest BCUT2D eigenvalue weighted by Crippen LogP contribution is 2.35. The summed E-state index contributed by atoms with van der Waals surface area (Å²) in [5.74, 6) is 0.513. The maximum absolute atomic E-state index is 11.5. The van der Waals surface area contributed by atoms with Gasteiger partial charge in [-0.1, -0.05) is 18.7 Å². The van der Waals surface area contributed by atoms with Gasteiger partial charge in [0.1, 0.15) is 5.82 Å². The Bertz CT molecular complexity index is 816. The van der Waals surface area contributed by atoms with Crippen molar-refractivity contribution in [1.82, 2.24) is 9.97 Å². The van der Waals surface area contributed by atoms with E-state index >= 15 is 0 Å². The van der Waals surface area contributed by atoms with Crippen LogP contribution in [0.2, 0.25) is 5.28 Å². The van der Waals surface area contributed by atoms with Crippen LogP contribution in [0.25, 0.3) is 5.57 Å². The van der Waals surface area contributed by atoms with E-state index in [1.807, 2.05) is 36.1 Å². The maximum Gasteiger partial charge on any atom is 0.247 e. The molecule has 23 heavy (non-hydrogen) atoms. The van der Waals surface area contributed by atoms with E-state index in [1.54, 1.807) is 6.20 Å². The number of halogens is 1. The Balaban J connectivity index is 2.00. The third-order valence-electron chi connectivity index (χ3n) is 3.61. The van der Waals surface area contributed by atoms with Crippen LogP contribution < -0.4 is 10.2 Å². The molecule has 0 saturated heterocycles. The zero-order chi connectivity index (χ0) is 16.4. The van der Waals surface area contributed by atoms with Gasteiger partial charge in [-0.05, 0) is 48.4 Å². The summed E-state index contributed by atoms with van der Waals surface area (Å²) in [6, 6.07) is 7.54. The second kappa shape index (κ2) is 6.22. The number of rotatable bonds is 3. The highest BCUT2D eigenvalue weighted by Gasteiger charge is 2.20. The lowest BCUT2D eigenvalue weighted by atomic mass is 10.1. The van der Waals surface area contributed by atoms with Gasteiger partial charge in [0.25, 0.3) is 0 Å². The molecule has 1 aromatic carbocycles. The molecule has 1 aromatic heterocycles. The zero-order valence-corrected chi connectivity index (χ0v) is 13.3. The lowest BCUT2D eigenvalue weighted by molar-refractivity contribution is -0.111. The Kier molecular flexibility index (Phi) is 4.12. The van der Waals surface area contributed by atoms with Crippen LogP contribution >= 0.6 is 11.6 Å². The maximum atomic E-state index is 11.5. The number of fused-ring (bicyclic) bond motifs is 1. The molecule has 0 bridgehead atoms. The summed E-state index contributed by atoms with van der Waals surface area (Å²) in [5, 5.41) is 2.97. The van der Waals surface area contributed by atoms with Gasteiger partial charge >= 0.3 is 0 Å². The third kappa shape index (κ3) is 3.10. The van der Waals surface area contributed by atoms with Gasteiger partial charge in [-0.2, -0.15) is 4.98 Å².